The van der Waals surface area contributed by atoms with Gasteiger partial charge in [-0.3, -0.25) is 0 Å². The van der Waals surface area contributed by atoms with Crippen LogP contribution in [0.1, 0.15) is 22.3 Å². The zero-order valence-corrected chi connectivity index (χ0v) is 37.9. The summed E-state index contributed by atoms with van der Waals surface area (Å²) < 4.78 is 0. The van der Waals surface area contributed by atoms with Gasteiger partial charge in [-0.15, -0.1) is 0 Å². The summed E-state index contributed by atoms with van der Waals surface area (Å²) in [6.45, 7) is 4.35. The molecule has 0 radical (unpaired) electrons. The van der Waals surface area contributed by atoms with E-state index in [1.807, 2.05) is 72.8 Å². The molecule has 0 N–H and O–H groups in total. The summed E-state index contributed by atoms with van der Waals surface area (Å²) in [6, 6.07) is 89.0. The molecule has 0 aliphatic rings. The lowest BCUT2D eigenvalue weighted by atomic mass is 9.96. The molecule has 0 atom stereocenters. The highest BCUT2D eigenvalue weighted by molar-refractivity contribution is 5.93. The van der Waals surface area contributed by atoms with Crippen molar-refractivity contribution in [3.8, 4) is 67.8 Å². The minimum atomic E-state index is 0.608. The Labute approximate surface area is 399 Å². The first-order chi connectivity index (χ1) is 33.4. The summed E-state index contributed by atoms with van der Waals surface area (Å²) in [5.74, 6) is 0. The van der Waals surface area contributed by atoms with Gasteiger partial charge < -0.3 is 9.80 Å². The van der Waals surface area contributed by atoms with Crippen LogP contribution in [0.3, 0.4) is 0 Å². The molecule has 10 rings (SSSR count). The van der Waals surface area contributed by atoms with Gasteiger partial charge in [-0.2, -0.15) is 10.5 Å². The molecular formula is C64H46N4. The van der Waals surface area contributed by atoms with E-state index in [4.69, 9.17) is 0 Å². The van der Waals surface area contributed by atoms with E-state index < -0.39 is 0 Å². The van der Waals surface area contributed by atoms with E-state index >= 15 is 0 Å². The maximum Gasteiger partial charge on any atom is 0.0991 e. The van der Waals surface area contributed by atoms with Crippen LogP contribution in [-0.2, 0) is 0 Å². The van der Waals surface area contributed by atoms with Crippen LogP contribution in [0.25, 0.3) is 55.6 Å². The fourth-order valence-corrected chi connectivity index (χ4v) is 9.15. The van der Waals surface area contributed by atoms with Crippen molar-refractivity contribution in [3.05, 3.63) is 265 Å². The molecule has 0 saturated heterocycles. The molecule has 10 aromatic rings. The highest BCUT2D eigenvalue weighted by atomic mass is 15.2. The number of aryl methyl sites for hydroxylation is 2. The molecule has 0 fully saturated rings. The Morgan fingerprint density at radius 1 is 0.279 bits per heavy atom. The molecule has 0 amide bonds. The quantitative estimate of drug-likeness (QED) is 0.130. The largest absolute Gasteiger partial charge is 0.310 e. The third kappa shape index (κ3) is 8.67. The van der Waals surface area contributed by atoms with E-state index in [0.29, 0.717) is 11.1 Å². The predicted octanol–water partition coefficient (Wildman–Crippen LogP) is 17.3. The molecule has 0 spiro atoms. The van der Waals surface area contributed by atoms with Crippen LogP contribution in [0.15, 0.2) is 243 Å². The van der Waals surface area contributed by atoms with E-state index in [2.05, 4.69) is 206 Å². The first-order valence-electron chi connectivity index (χ1n) is 22.8. The van der Waals surface area contributed by atoms with Crippen LogP contribution < -0.4 is 9.80 Å². The van der Waals surface area contributed by atoms with Gasteiger partial charge in [0.25, 0.3) is 0 Å². The van der Waals surface area contributed by atoms with Gasteiger partial charge in [0, 0.05) is 33.9 Å². The first kappa shape index (κ1) is 42.7. The number of rotatable bonds is 11. The van der Waals surface area contributed by atoms with E-state index in [9.17, 15) is 10.5 Å². The summed E-state index contributed by atoms with van der Waals surface area (Å²) >= 11 is 0. The number of hydrogen-bond acceptors (Lipinski definition) is 4. The highest BCUT2D eigenvalue weighted by Crippen LogP contribution is 2.46. The fourth-order valence-electron chi connectivity index (χ4n) is 9.15. The Morgan fingerprint density at radius 3 is 0.897 bits per heavy atom. The molecule has 0 aliphatic heterocycles. The molecule has 0 aliphatic carbocycles. The zero-order valence-electron chi connectivity index (χ0n) is 37.9. The molecule has 4 nitrogen and oxygen atoms in total. The topological polar surface area (TPSA) is 54.1 Å². The van der Waals surface area contributed by atoms with E-state index in [0.717, 1.165) is 101 Å². The van der Waals surface area contributed by atoms with E-state index in [-0.39, 0.29) is 0 Å². The van der Waals surface area contributed by atoms with Gasteiger partial charge in [0.1, 0.15) is 0 Å². The lowest BCUT2D eigenvalue weighted by Crippen LogP contribution is -2.13. The average molecular weight is 871 g/mol. The summed E-state index contributed by atoms with van der Waals surface area (Å²) in [6.07, 6.45) is 0. The smallest absolute Gasteiger partial charge is 0.0991 e. The van der Waals surface area contributed by atoms with Crippen LogP contribution >= 0.6 is 0 Å². The number of nitrogens with zero attached hydrogens (tertiary/aromatic N) is 4. The molecular weight excluding hydrogens is 825 g/mol. The molecule has 0 saturated carbocycles. The zero-order chi connectivity index (χ0) is 46.4. The molecule has 10 aromatic carbocycles. The molecule has 4 heteroatoms. The third-order valence-corrected chi connectivity index (χ3v) is 12.6. The van der Waals surface area contributed by atoms with Gasteiger partial charge in [-0.1, -0.05) is 158 Å². The summed E-state index contributed by atoms with van der Waals surface area (Å²) in [7, 11) is 0. The van der Waals surface area contributed by atoms with E-state index in [1.54, 1.807) is 0 Å². The van der Waals surface area contributed by atoms with Crippen molar-refractivity contribution in [2.75, 3.05) is 9.80 Å². The Hall–Kier alpha value is -9.22. The van der Waals surface area contributed by atoms with Crippen molar-refractivity contribution in [1.29, 1.82) is 10.5 Å². The summed E-state index contributed by atoms with van der Waals surface area (Å²) in [4.78, 5) is 4.63. The molecule has 0 heterocycles. The van der Waals surface area contributed by atoms with Gasteiger partial charge in [0.15, 0.2) is 0 Å². The lowest BCUT2D eigenvalue weighted by molar-refractivity contribution is 1.24. The monoisotopic (exact) mass is 870 g/mol. The number of benzene rings is 10. The summed E-state index contributed by atoms with van der Waals surface area (Å²) in [5, 5.41) is 20.1. The van der Waals surface area contributed by atoms with Crippen LogP contribution in [0.5, 0.6) is 0 Å². The molecule has 0 aromatic heterocycles. The maximum atomic E-state index is 10.0. The van der Waals surface area contributed by atoms with E-state index in [1.165, 1.54) is 0 Å². The van der Waals surface area contributed by atoms with Gasteiger partial charge in [-0.05, 0) is 154 Å². The van der Waals surface area contributed by atoms with Crippen molar-refractivity contribution >= 4 is 34.1 Å². The number of anilines is 6. The van der Waals surface area contributed by atoms with Crippen molar-refractivity contribution in [3.63, 3.8) is 0 Å². The van der Waals surface area contributed by atoms with Crippen molar-refractivity contribution in [1.82, 2.24) is 0 Å². The molecule has 322 valence electrons. The van der Waals surface area contributed by atoms with Crippen LogP contribution in [0.4, 0.5) is 34.1 Å². The minimum Gasteiger partial charge on any atom is -0.310 e. The second-order valence-corrected chi connectivity index (χ2v) is 16.9. The predicted molar refractivity (Wildman–Crippen MR) is 282 cm³/mol. The Kier molecular flexibility index (Phi) is 12.0. The number of nitriles is 2. The molecule has 0 unspecified atom stereocenters. The normalized spacial score (nSPS) is 10.8. The Balaban J connectivity index is 1.07. The molecule has 68 heavy (non-hydrogen) atoms. The van der Waals surface area contributed by atoms with Gasteiger partial charge >= 0.3 is 0 Å². The Bertz CT molecular complexity index is 3230. The van der Waals surface area contributed by atoms with Crippen LogP contribution in [0.2, 0.25) is 0 Å². The first-order valence-corrected chi connectivity index (χ1v) is 22.8. The summed E-state index contributed by atoms with van der Waals surface area (Å²) in [5.41, 5.74) is 20.3. The Morgan fingerprint density at radius 2 is 0.574 bits per heavy atom. The second kappa shape index (κ2) is 19.1. The fraction of sp³-hybridized carbons (Fsp3) is 0.0312. The van der Waals surface area contributed by atoms with Crippen molar-refractivity contribution in [2.45, 2.75) is 13.8 Å². The average Bonchev–Trinajstić information content (AvgIpc) is 3.41. The maximum absolute atomic E-state index is 10.0. The highest BCUT2D eigenvalue weighted by Gasteiger charge is 2.23. The lowest BCUT2D eigenvalue weighted by Gasteiger charge is -2.30. The van der Waals surface area contributed by atoms with Crippen LogP contribution in [-0.4, -0.2) is 0 Å². The van der Waals surface area contributed by atoms with Crippen molar-refractivity contribution < 1.29 is 0 Å². The SMILES string of the molecule is Cc1cc(-c2ccc(N(c3ccc(-c4ccccc4)cc3)c3ccc(C#N)cc3-c3ccccc3)c(C)c2)ccc1N(c1ccc(-c2ccccc2)cc1)c1ccc(C#N)cc1-c1ccccc1. The van der Waals surface area contributed by atoms with Gasteiger partial charge in [0.05, 0.1) is 34.6 Å². The van der Waals surface area contributed by atoms with Crippen LogP contribution in [0, 0.1) is 36.5 Å². The standard InChI is InChI=1S/C64H46N4/c1-45-39-55(29-37-61(45)67(57-31-25-51(26-32-57)49-15-7-3-8-16-49)63-35-23-47(43-65)41-59(63)53-19-11-5-12-20-53)56-30-38-62(46(2)40-56)68(58-33-27-52(28-34-58)50-17-9-4-10-18-50)64-36-24-48(44-66)42-60(64)54-21-13-6-14-22-54/h3-42H,1-2H3. The van der Waals surface area contributed by atoms with Gasteiger partial charge in [0.2, 0.25) is 0 Å². The van der Waals surface area contributed by atoms with Gasteiger partial charge in [-0.25, -0.2) is 0 Å². The molecule has 0 bridgehead atoms. The number of hydrogen-bond donors (Lipinski definition) is 0. The third-order valence-electron chi connectivity index (χ3n) is 12.6. The second-order valence-electron chi connectivity index (χ2n) is 16.9. The van der Waals surface area contributed by atoms with Crippen molar-refractivity contribution in [2.24, 2.45) is 0 Å². The minimum absolute atomic E-state index is 0.608.